The normalized spacial score (nSPS) is 13.2. The largest absolute Gasteiger partial charge is 0.350 e. The summed E-state index contributed by atoms with van der Waals surface area (Å²) in [4.78, 5) is 12.6. The van der Waals surface area contributed by atoms with Crippen molar-refractivity contribution in [2.24, 2.45) is 5.92 Å². The lowest BCUT2D eigenvalue weighted by Gasteiger charge is -2.19. The van der Waals surface area contributed by atoms with Crippen LogP contribution in [-0.4, -0.2) is 37.8 Å². The van der Waals surface area contributed by atoms with E-state index in [0.29, 0.717) is 24.6 Å². The lowest BCUT2D eigenvalue weighted by molar-refractivity contribution is 0.0937. The molecule has 142 valence electrons. The molecule has 0 spiro atoms. The Morgan fingerprint density at radius 1 is 1.12 bits per heavy atom. The van der Waals surface area contributed by atoms with Gasteiger partial charge in [0.25, 0.3) is 5.91 Å². The Labute approximate surface area is 152 Å². The van der Waals surface area contributed by atoms with Crippen molar-refractivity contribution in [2.45, 2.75) is 64.8 Å². The predicted molar refractivity (Wildman–Crippen MR) is 102 cm³/mol. The number of benzene rings is 1. The predicted octanol–water partition coefficient (Wildman–Crippen LogP) is 3.66. The van der Waals surface area contributed by atoms with Gasteiger partial charge in [-0.1, -0.05) is 46.6 Å². The Bertz CT molecular complexity index is 652. The Kier molecular flexibility index (Phi) is 8.59. The number of hydrogen-bond acceptors (Lipinski definition) is 3. The monoisotopic (exact) mass is 368 g/mol. The first-order valence-corrected chi connectivity index (χ1v) is 10.6. The molecule has 1 rings (SSSR count). The van der Waals surface area contributed by atoms with E-state index in [1.807, 2.05) is 6.92 Å². The molecule has 0 aliphatic heterocycles. The van der Waals surface area contributed by atoms with Crippen LogP contribution in [0.5, 0.6) is 0 Å². The lowest BCUT2D eigenvalue weighted by Crippen LogP contribution is -2.33. The highest BCUT2D eigenvalue weighted by Crippen LogP contribution is 2.17. The van der Waals surface area contributed by atoms with Gasteiger partial charge in [0.15, 0.2) is 0 Å². The smallest absolute Gasteiger partial charge is 0.251 e. The van der Waals surface area contributed by atoms with Crippen LogP contribution >= 0.6 is 0 Å². The highest BCUT2D eigenvalue weighted by molar-refractivity contribution is 7.89. The third-order valence-electron chi connectivity index (χ3n) is 4.24. The van der Waals surface area contributed by atoms with Crippen molar-refractivity contribution in [1.29, 1.82) is 0 Å². The SMILES string of the molecule is CCN(CC)S(=O)(=O)c1cccc(C(=O)N[C@H](C)CCCC(C)C)c1. The molecule has 1 amide bonds. The van der Waals surface area contributed by atoms with Crippen molar-refractivity contribution in [2.75, 3.05) is 13.1 Å². The molecule has 0 bridgehead atoms. The fourth-order valence-electron chi connectivity index (χ4n) is 2.72. The van der Waals surface area contributed by atoms with Crippen LogP contribution in [0.1, 0.15) is 64.2 Å². The summed E-state index contributed by atoms with van der Waals surface area (Å²) in [7, 11) is -3.56. The van der Waals surface area contributed by atoms with E-state index in [1.165, 1.54) is 16.4 Å². The van der Waals surface area contributed by atoms with Gasteiger partial charge in [0.05, 0.1) is 4.90 Å². The van der Waals surface area contributed by atoms with Crippen molar-refractivity contribution in [3.63, 3.8) is 0 Å². The quantitative estimate of drug-likeness (QED) is 0.685. The maximum absolute atomic E-state index is 12.6. The molecule has 1 atom stereocenters. The van der Waals surface area contributed by atoms with Crippen molar-refractivity contribution < 1.29 is 13.2 Å². The second-order valence-corrected chi connectivity index (χ2v) is 8.75. The summed E-state index contributed by atoms with van der Waals surface area (Å²) >= 11 is 0. The summed E-state index contributed by atoms with van der Waals surface area (Å²) in [5.74, 6) is 0.429. The third kappa shape index (κ3) is 6.44. The summed E-state index contributed by atoms with van der Waals surface area (Å²) in [6, 6.07) is 6.33. The van der Waals surface area contributed by atoms with Gasteiger partial charge in [-0.25, -0.2) is 8.42 Å². The van der Waals surface area contributed by atoms with Crippen molar-refractivity contribution >= 4 is 15.9 Å². The van der Waals surface area contributed by atoms with E-state index in [9.17, 15) is 13.2 Å². The first kappa shape index (κ1) is 21.6. The zero-order valence-corrected chi connectivity index (χ0v) is 16.9. The minimum atomic E-state index is -3.56. The van der Waals surface area contributed by atoms with Gasteiger partial charge in [0.2, 0.25) is 10.0 Å². The number of hydrogen-bond donors (Lipinski definition) is 1. The van der Waals surface area contributed by atoms with E-state index in [0.717, 1.165) is 19.3 Å². The molecule has 1 aromatic carbocycles. The van der Waals surface area contributed by atoms with E-state index < -0.39 is 10.0 Å². The van der Waals surface area contributed by atoms with Crippen LogP contribution in [-0.2, 0) is 10.0 Å². The fourth-order valence-corrected chi connectivity index (χ4v) is 4.23. The Morgan fingerprint density at radius 2 is 1.76 bits per heavy atom. The maximum Gasteiger partial charge on any atom is 0.251 e. The first-order valence-electron chi connectivity index (χ1n) is 9.13. The number of amides is 1. The highest BCUT2D eigenvalue weighted by atomic mass is 32.2. The molecule has 25 heavy (non-hydrogen) atoms. The van der Waals surface area contributed by atoms with E-state index >= 15 is 0 Å². The molecule has 1 aromatic rings. The van der Waals surface area contributed by atoms with Crippen molar-refractivity contribution in [3.05, 3.63) is 29.8 Å². The topological polar surface area (TPSA) is 66.5 Å². The van der Waals surface area contributed by atoms with Gasteiger partial charge in [-0.15, -0.1) is 0 Å². The number of carbonyl (C=O) groups excluding carboxylic acids is 1. The lowest BCUT2D eigenvalue weighted by atomic mass is 10.0. The van der Waals surface area contributed by atoms with Gasteiger partial charge in [-0.2, -0.15) is 4.31 Å². The maximum atomic E-state index is 12.6. The first-order chi connectivity index (χ1) is 11.7. The van der Waals surface area contributed by atoms with E-state index in [-0.39, 0.29) is 16.8 Å². The number of nitrogens with zero attached hydrogens (tertiary/aromatic N) is 1. The van der Waals surface area contributed by atoms with Crippen LogP contribution < -0.4 is 5.32 Å². The van der Waals surface area contributed by atoms with Crippen molar-refractivity contribution in [1.82, 2.24) is 9.62 Å². The second kappa shape index (κ2) is 9.92. The van der Waals surface area contributed by atoms with E-state index in [4.69, 9.17) is 0 Å². The van der Waals surface area contributed by atoms with Crippen LogP contribution in [0, 0.1) is 5.92 Å². The molecule has 0 unspecified atom stereocenters. The van der Waals surface area contributed by atoms with Gasteiger partial charge in [-0.3, -0.25) is 4.79 Å². The zero-order chi connectivity index (χ0) is 19.0. The minimum absolute atomic E-state index is 0.0642. The summed E-state index contributed by atoms with van der Waals surface area (Å²) in [5, 5.41) is 2.96. The molecule has 0 aliphatic rings. The second-order valence-electron chi connectivity index (χ2n) is 6.82. The summed E-state index contributed by atoms with van der Waals surface area (Å²) in [5.41, 5.74) is 0.379. The molecule has 0 aromatic heterocycles. The van der Waals surface area contributed by atoms with Crippen LogP contribution in [0.3, 0.4) is 0 Å². The number of carbonyl (C=O) groups is 1. The van der Waals surface area contributed by atoms with Crippen LogP contribution in [0.25, 0.3) is 0 Å². The van der Waals surface area contributed by atoms with Crippen LogP contribution in [0.2, 0.25) is 0 Å². The van der Waals surface area contributed by atoms with Gasteiger partial charge in [0, 0.05) is 24.7 Å². The number of rotatable bonds is 10. The van der Waals surface area contributed by atoms with Crippen molar-refractivity contribution in [3.8, 4) is 0 Å². The molecule has 0 fully saturated rings. The van der Waals surface area contributed by atoms with Gasteiger partial charge in [-0.05, 0) is 37.5 Å². The summed E-state index contributed by atoms with van der Waals surface area (Å²) < 4.78 is 26.6. The standard InChI is InChI=1S/C19H32N2O3S/c1-6-21(7-2)25(23,24)18-13-9-12-17(14-18)19(22)20-16(5)11-8-10-15(3)4/h9,12-16H,6-8,10-11H2,1-5H3,(H,20,22)/t16-/m1/s1. The summed E-state index contributed by atoms with van der Waals surface area (Å²) in [6.07, 6.45) is 3.12. The minimum Gasteiger partial charge on any atom is -0.350 e. The molecule has 1 N–H and O–H groups in total. The fraction of sp³-hybridized carbons (Fsp3) is 0.632. The van der Waals surface area contributed by atoms with Gasteiger partial charge < -0.3 is 5.32 Å². The zero-order valence-electron chi connectivity index (χ0n) is 16.1. The molecule has 6 heteroatoms. The summed E-state index contributed by atoms with van der Waals surface area (Å²) in [6.45, 7) is 10.8. The average Bonchev–Trinajstić information content (AvgIpc) is 2.55. The Balaban J connectivity index is 2.82. The van der Waals surface area contributed by atoms with Crippen LogP contribution in [0.15, 0.2) is 29.2 Å². The number of sulfonamides is 1. The Hall–Kier alpha value is -1.40. The van der Waals surface area contributed by atoms with E-state index in [1.54, 1.807) is 26.0 Å². The molecule has 5 nitrogen and oxygen atoms in total. The number of nitrogens with one attached hydrogen (secondary N) is 1. The van der Waals surface area contributed by atoms with E-state index in [2.05, 4.69) is 19.2 Å². The Morgan fingerprint density at radius 3 is 2.32 bits per heavy atom. The average molecular weight is 369 g/mol. The molecular formula is C19H32N2O3S. The van der Waals surface area contributed by atoms with Gasteiger partial charge in [0.1, 0.15) is 0 Å². The molecule has 0 saturated heterocycles. The third-order valence-corrected chi connectivity index (χ3v) is 6.28. The molecular weight excluding hydrogens is 336 g/mol. The highest BCUT2D eigenvalue weighted by Gasteiger charge is 2.22. The van der Waals surface area contributed by atoms with Crippen LogP contribution in [0.4, 0.5) is 0 Å². The molecule has 0 aliphatic carbocycles. The molecule has 0 heterocycles. The molecule has 0 radical (unpaired) electrons. The molecule has 0 saturated carbocycles. The van der Waals surface area contributed by atoms with Gasteiger partial charge >= 0.3 is 0 Å².